The molecule has 0 aliphatic carbocycles. The van der Waals surface area contributed by atoms with Crippen molar-refractivity contribution in [1.82, 2.24) is 4.90 Å². The van der Waals surface area contributed by atoms with Crippen LogP contribution in [0.5, 0.6) is 0 Å². The Morgan fingerprint density at radius 3 is 2.59 bits per heavy atom. The number of likely N-dealkylation sites (tertiary alicyclic amines) is 1. The van der Waals surface area contributed by atoms with Gasteiger partial charge in [-0.05, 0) is 42.9 Å². The van der Waals surface area contributed by atoms with Gasteiger partial charge in [0.1, 0.15) is 0 Å². The fourth-order valence-electron chi connectivity index (χ4n) is 3.45. The molecular weight excluding hydrogens is 300 g/mol. The molecule has 2 unspecified atom stereocenters. The van der Waals surface area contributed by atoms with E-state index >= 15 is 0 Å². The first kappa shape index (κ1) is 15.8. The highest BCUT2D eigenvalue weighted by atomic mass is 35.5. The number of hydrogen-bond acceptors (Lipinski definition) is 3. The van der Waals surface area contributed by atoms with E-state index in [1.165, 1.54) is 5.56 Å². The molecule has 0 radical (unpaired) electrons. The fourth-order valence-corrected chi connectivity index (χ4v) is 3.58. The molecular formula is C17H23ClN2O2. The molecule has 4 nitrogen and oxygen atoms in total. The summed E-state index contributed by atoms with van der Waals surface area (Å²) < 4.78 is 5.35. The van der Waals surface area contributed by atoms with Gasteiger partial charge in [-0.1, -0.05) is 23.7 Å². The molecule has 3 rings (SSSR count). The normalized spacial score (nSPS) is 24.5. The minimum absolute atomic E-state index is 0.100. The molecule has 0 spiro atoms. The Morgan fingerprint density at radius 2 is 1.91 bits per heavy atom. The van der Waals surface area contributed by atoms with Gasteiger partial charge in [0.15, 0.2) is 0 Å². The molecule has 0 bridgehead atoms. The van der Waals surface area contributed by atoms with E-state index in [9.17, 15) is 4.79 Å². The summed E-state index contributed by atoms with van der Waals surface area (Å²) in [6.45, 7) is 3.00. The summed E-state index contributed by atoms with van der Waals surface area (Å²) in [5, 5.41) is 0.746. The lowest BCUT2D eigenvalue weighted by Gasteiger charge is -2.29. The van der Waals surface area contributed by atoms with Crippen molar-refractivity contribution < 1.29 is 9.53 Å². The highest BCUT2D eigenvalue weighted by Crippen LogP contribution is 2.29. The number of ether oxygens (including phenoxy) is 1. The van der Waals surface area contributed by atoms with Crippen LogP contribution >= 0.6 is 11.6 Å². The third kappa shape index (κ3) is 3.45. The van der Waals surface area contributed by atoms with E-state index in [1.807, 2.05) is 17.0 Å². The minimum atomic E-state index is -0.382. The van der Waals surface area contributed by atoms with Gasteiger partial charge in [-0.15, -0.1) is 0 Å². The monoisotopic (exact) mass is 322 g/mol. The van der Waals surface area contributed by atoms with E-state index in [-0.39, 0.29) is 17.9 Å². The summed E-state index contributed by atoms with van der Waals surface area (Å²) in [4.78, 5) is 14.5. The first-order valence-electron chi connectivity index (χ1n) is 8.02. The van der Waals surface area contributed by atoms with Gasteiger partial charge < -0.3 is 15.4 Å². The third-order valence-corrected chi connectivity index (χ3v) is 5.15. The van der Waals surface area contributed by atoms with Crippen LogP contribution in [0.3, 0.4) is 0 Å². The molecule has 0 saturated carbocycles. The van der Waals surface area contributed by atoms with Crippen LogP contribution in [0.15, 0.2) is 24.3 Å². The summed E-state index contributed by atoms with van der Waals surface area (Å²) in [5.74, 6) is 0.752. The number of halogens is 1. The lowest BCUT2D eigenvalue weighted by molar-refractivity contribution is -0.133. The predicted molar refractivity (Wildman–Crippen MR) is 86.9 cm³/mol. The molecule has 2 heterocycles. The van der Waals surface area contributed by atoms with E-state index in [0.29, 0.717) is 5.92 Å². The molecule has 1 aromatic carbocycles. The van der Waals surface area contributed by atoms with Crippen LogP contribution in [0, 0.1) is 5.92 Å². The van der Waals surface area contributed by atoms with Crippen molar-refractivity contribution in [3.05, 3.63) is 34.9 Å². The highest BCUT2D eigenvalue weighted by Gasteiger charge is 2.34. The maximum absolute atomic E-state index is 12.6. The molecule has 5 heteroatoms. The zero-order valence-corrected chi connectivity index (χ0v) is 13.5. The molecule has 2 aliphatic heterocycles. The average Bonchev–Trinajstić information content (AvgIpc) is 3.05. The number of benzene rings is 1. The smallest absolute Gasteiger partial charge is 0.239 e. The van der Waals surface area contributed by atoms with E-state index < -0.39 is 0 Å². The Balaban J connectivity index is 1.59. The Hall–Kier alpha value is -1.10. The van der Waals surface area contributed by atoms with Crippen molar-refractivity contribution in [2.75, 3.05) is 26.3 Å². The number of nitrogens with zero attached hydrogens (tertiary/aromatic N) is 1. The minimum Gasteiger partial charge on any atom is -0.381 e. The maximum Gasteiger partial charge on any atom is 0.239 e. The number of amides is 1. The van der Waals surface area contributed by atoms with Gasteiger partial charge >= 0.3 is 0 Å². The number of rotatable bonds is 3. The summed E-state index contributed by atoms with van der Waals surface area (Å²) in [6, 6.07) is 7.55. The van der Waals surface area contributed by atoms with Crippen molar-refractivity contribution in [2.24, 2.45) is 11.7 Å². The lowest BCUT2D eigenvalue weighted by atomic mass is 9.91. The first-order chi connectivity index (χ1) is 10.6. The van der Waals surface area contributed by atoms with Crippen molar-refractivity contribution in [2.45, 2.75) is 31.2 Å². The van der Waals surface area contributed by atoms with Crippen LogP contribution in [-0.2, 0) is 9.53 Å². The second-order valence-corrected chi connectivity index (χ2v) is 6.73. The Morgan fingerprint density at radius 1 is 1.23 bits per heavy atom. The topological polar surface area (TPSA) is 55.6 Å². The molecule has 2 N–H and O–H groups in total. The maximum atomic E-state index is 12.6. The molecule has 0 aromatic heterocycles. The summed E-state index contributed by atoms with van der Waals surface area (Å²) in [5.41, 5.74) is 7.46. The second-order valence-electron chi connectivity index (χ2n) is 6.30. The van der Waals surface area contributed by atoms with Crippen LogP contribution in [0.4, 0.5) is 0 Å². The quantitative estimate of drug-likeness (QED) is 0.929. The number of hydrogen-bond donors (Lipinski definition) is 1. The van der Waals surface area contributed by atoms with Gasteiger partial charge in [0, 0.05) is 37.2 Å². The first-order valence-corrected chi connectivity index (χ1v) is 8.40. The molecule has 120 valence electrons. The van der Waals surface area contributed by atoms with Gasteiger partial charge in [-0.25, -0.2) is 0 Å². The molecule has 22 heavy (non-hydrogen) atoms. The van der Waals surface area contributed by atoms with E-state index in [1.54, 1.807) is 0 Å². The zero-order valence-electron chi connectivity index (χ0n) is 12.7. The highest BCUT2D eigenvalue weighted by molar-refractivity contribution is 6.30. The van der Waals surface area contributed by atoms with Gasteiger partial charge in [0.2, 0.25) is 5.91 Å². The molecule has 1 amide bonds. The zero-order chi connectivity index (χ0) is 15.5. The van der Waals surface area contributed by atoms with Crippen molar-refractivity contribution in [3.8, 4) is 0 Å². The van der Waals surface area contributed by atoms with Crippen LogP contribution in [-0.4, -0.2) is 43.2 Å². The second kappa shape index (κ2) is 6.99. The van der Waals surface area contributed by atoms with Crippen molar-refractivity contribution >= 4 is 17.5 Å². The van der Waals surface area contributed by atoms with Gasteiger partial charge in [-0.2, -0.15) is 0 Å². The van der Waals surface area contributed by atoms with E-state index in [0.717, 1.165) is 50.6 Å². The van der Waals surface area contributed by atoms with Crippen LogP contribution < -0.4 is 5.73 Å². The third-order valence-electron chi connectivity index (χ3n) is 4.90. The average molecular weight is 323 g/mol. The predicted octanol–water partition coefficient (Wildman–Crippen LogP) is 2.41. The standard InChI is InChI=1S/C17H23ClN2O2/c18-15-3-1-12(2-4-15)14-5-8-20(11-14)17(21)16(19)13-6-9-22-10-7-13/h1-4,13-14,16H,5-11,19H2. The van der Waals surface area contributed by atoms with Crippen LogP contribution in [0.1, 0.15) is 30.7 Å². The van der Waals surface area contributed by atoms with Gasteiger partial charge in [0.25, 0.3) is 0 Å². The molecule has 2 fully saturated rings. The van der Waals surface area contributed by atoms with Crippen molar-refractivity contribution in [1.29, 1.82) is 0 Å². The molecule has 2 aliphatic rings. The number of carbonyl (C=O) groups excluding carboxylic acids is 1. The van der Waals surface area contributed by atoms with Crippen LogP contribution in [0.2, 0.25) is 5.02 Å². The molecule has 1 aromatic rings. The summed E-state index contributed by atoms with van der Waals surface area (Å²) in [6.07, 6.45) is 2.77. The van der Waals surface area contributed by atoms with E-state index in [4.69, 9.17) is 22.1 Å². The van der Waals surface area contributed by atoms with Crippen molar-refractivity contribution in [3.63, 3.8) is 0 Å². The molecule has 2 saturated heterocycles. The van der Waals surface area contributed by atoms with Gasteiger partial charge in [0.05, 0.1) is 6.04 Å². The lowest BCUT2D eigenvalue weighted by Crippen LogP contribution is -2.48. The SMILES string of the molecule is NC(C(=O)N1CCC(c2ccc(Cl)cc2)C1)C1CCOCC1. The van der Waals surface area contributed by atoms with Gasteiger partial charge in [-0.3, -0.25) is 4.79 Å². The fraction of sp³-hybridized carbons (Fsp3) is 0.588. The summed E-state index contributed by atoms with van der Waals surface area (Å²) >= 11 is 5.93. The van der Waals surface area contributed by atoms with Crippen LogP contribution in [0.25, 0.3) is 0 Å². The molecule has 2 atom stereocenters. The number of nitrogens with two attached hydrogens (primary N) is 1. The Labute approximate surface area is 136 Å². The van der Waals surface area contributed by atoms with E-state index in [2.05, 4.69) is 12.1 Å². The Kier molecular flexibility index (Phi) is 5.01. The number of carbonyl (C=O) groups is 1. The summed E-state index contributed by atoms with van der Waals surface area (Å²) in [7, 11) is 0. The largest absolute Gasteiger partial charge is 0.381 e. The Bertz CT molecular complexity index is 514.